The van der Waals surface area contributed by atoms with Crippen LogP contribution in [0.4, 0.5) is 11.4 Å². The van der Waals surface area contributed by atoms with E-state index in [2.05, 4.69) is 10.6 Å². The molecule has 0 fully saturated rings. The molecule has 134 valence electrons. The molecule has 4 nitrogen and oxygen atoms in total. The molecule has 2 N–H and O–H groups in total. The lowest BCUT2D eigenvalue weighted by molar-refractivity contribution is -0.112. The first-order valence-corrected chi connectivity index (χ1v) is 8.93. The molecule has 0 saturated heterocycles. The van der Waals surface area contributed by atoms with Crippen LogP contribution in [-0.4, -0.2) is 5.91 Å². The number of carbonyl (C=O) groups excluding carboxylic acids is 1. The van der Waals surface area contributed by atoms with Crippen LogP contribution >= 0.6 is 11.6 Å². The van der Waals surface area contributed by atoms with Gasteiger partial charge in [-0.1, -0.05) is 49.7 Å². The average Bonchev–Trinajstić information content (AvgIpc) is 2.65. The van der Waals surface area contributed by atoms with Crippen LogP contribution in [0.2, 0.25) is 5.02 Å². The second-order valence-electron chi connectivity index (χ2n) is 5.89. The lowest BCUT2D eigenvalue weighted by atomic mass is 10.0. The molecule has 0 aliphatic carbocycles. The molecule has 2 aromatic rings. The Kier molecular flexibility index (Phi) is 6.82. The molecule has 2 aromatic carbocycles. The number of aryl methyl sites for hydroxylation is 3. The van der Waals surface area contributed by atoms with Crippen molar-refractivity contribution in [1.82, 2.24) is 0 Å². The highest BCUT2D eigenvalue weighted by molar-refractivity contribution is 6.30. The smallest absolute Gasteiger partial charge is 0.267 e. The zero-order valence-corrected chi connectivity index (χ0v) is 15.9. The first kappa shape index (κ1) is 19.6. The molecule has 0 spiro atoms. The van der Waals surface area contributed by atoms with E-state index in [-0.39, 0.29) is 5.57 Å². The van der Waals surface area contributed by atoms with Gasteiger partial charge in [0, 0.05) is 22.6 Å². The Bertz CT molecular complexity index is 859. The topological polar surface area (TPSA) is 64.9 Å². The highest BCUT2D eigenvalue weighted by atomic mass is 35.5. The van der Waals surface area contributed by atoms with Gasteiger partial charge in [-0.3, -0.25) is 4.79 Å². The molecule has 0 aliphatic heterocycles. The van der Waals surface area contributed by atoms with Crippen LogP contribution in [-0.2, 0) is 17.6 Å². The number of carbonyl (C=O) groups is 1. The lowest BCUT2D eigenvalue weighted by Gasteiger charge is -2.14. The number of halogens is 1. The van der Waals surface area contributed by atoms with Gasteiger partial charge in [0.15, 0.2) is 0 Å². The van der Waals surface area contributed by atoms with Crippen molar-refractivity contribution < 1.29 is 4.79 Å². The molecule has 0 saturated carbocycles. The predicted octanol–water partition coefficient (Wildman–Crippen LogP) is 5.23. The molecule has 5 heteroatoms. The summed E-state index contributed by atoms with van der Waals surface area (Å²) in [6, 6.07) is 13.3. The quantitative estimate of drug-likeness (QED) is 0.542. The maximum absolute atomic E-state index is 12.6. The fraction of sp³-hybridized carbons (Fsp3) is 0.238. The first-order chi connectivity index (χ1) is 12.5. The van der Waals surface area contributed by atoms with Gasteiger partial charge in [-0.05, 0) is 48.6 Å². The molecular weight excluding hydrogens is 346 g/mol. The zero-order chi connectivity index (χ0) is 19.1. The third kappa shape index (κ3) is 4.65. The standard InChI is InChI=1S/C21H22ClN3O/c1-4-15-7-6-8-16(5-2)20(15)25-21(26)17(12-23)13-24-19-11-18(22)10-9-14(19)3/h6-11,13,24H,4-5H2,1-3H3,(H,25,26)/b17-13-. The largest absolute Gasteiger partial charge is 0.360 e. The van der Waals surface area contributed by atoms with E-state index < -0.39 is 5.91 Å². The summed E-state index contributed by atoms with van der Waals surface area (Å²) in [5.41, 5.74) is 4.61. The summed E-state index contributed by atoms with van der Waals surface area (Å²) in [4.78, 5) is 12.6. The minimum Gasteiger partial charge on any atom is -0.360 e. The molecule has 0 bridgehead atoms. The van der Waals surface area contributed by atoms with E-state index >= 15 is 0 Å². The fourth-order valence-corrected chi connectivity index (χ4v) is 2.80. The number of benzene rings is 2. The number of anilines is 2. The van der Waals surface area contributed by atoms with Crippen molar-refractivity contribution in [2.75, 3.05) is 10.6 Å². The number of para-hydroxylation sites is 1. The summed E-state index contributed by atoms with van der Waals surface area (Å²) >= 11 is 6.00. The Hall–Kier alpha value is -2.77. The summed E-state index contributed by atoms with van der Waals surface area (Å²) in [6.07, 6.45) is 3.01. The number of amides is 1. The molecule has 0 aromatic heterocycles. The maximum atomic E-state index is 12.6. The average molecular weight is 368 g/mol. The molecule has 0 heterocycles. The third-order valence-electron chi connectivity index (χ3n) is 4.17. The van der Waals surface area contributed by atoms with Crippen LogP contribution in [0.15, 0.2) is 48.2 Å². The SMILES string of the molecule is CCc1cccc(CC)c1NC(=O)/C(C#N)=C\Nc1cc(Cl)ccc1C. The lowest BCUT2D eigenvalue weighted by Crippen LogP contribution is -2.17. The van der Waals surface area contributed by atoms with Crippen molar-refractivity contribution in [3.8, 4) is 6.07 Å². The zero-order valence-electron chi connectivity index (χ0n) is 15.2. The highest BCUT2D eigenvalue weighted by Gasteiger charge is 2.14. The monoisotopic (exact) mass is 367 g/mol. The van der Waals surface area contributed by atoms with E-state index in [0.29, 0.717) is 5.02 Å². The van der Waals surface area contributed by atoms with Crippen molar-refractivity contribution >= 4 is 28.9 Å². The van der Waals surface area contributed by atoms with Crippen molar-refractivity contribution in [1.29, 1.82) is 5.26 Å². The number of rotatable bonds is 6. The summed E-state index contributed by atoms with van der Waals surface area (Å²) in [5.74, 6) is -0.435. The number of nitriles is 1. The van der Waals surface area contributed by atoms with Crippen LogP contribution in [0.3, 0.4) is 0 Å². The minimum absolute atomic E-state index is 0.00247. The Morgan fingerprint density at radius 3 is 2.42 bits per heavy atom. The van der Waals surface area contributed by atoms with Crippen molar-refractivity contribution in [3.05, 3.63) is 69.9 Å². The van der Waals surface area contributed by atoms with Crippen molar-refractivity contribution in [3.63, 3.8) is 0 Å². The van der Waals surface area contributed by atoms with E-state index in [1.165, 1.54) is 6.20 Å². The molecule has 0 radical (unpaired) electrons. The second-order valence-corrected chi connectivity index (χ2v) is 6.32. The molecular formula is C21H22ClN3O. The summed E-state index contributed by atoms with van der Waals surface area (Å²) in [7, 11) is 0. The molecule has 26 heavy (non-hydrogen) atoms. The Labute approximate surface area is 159 Å². The van der Waals surface area contributed by atoms with E-state index in [9.17, 15) is 10.1 Å². The van der Waals surface area contributed by atoms with Crippen LogP contribution in [0.25, 0.3) is 0 Å². The van der Waals surface area contributed by atoms with Gasteiger partial charge in [0.05, 0.1) is 0 Å². The van der Waals surface area contributed by atoms with Gasteiger partial charge in [0.1, 0.15) is 11.6 Å². The fourth-order valence-electron chi connectivity index (χ4n) is 2.63. The van der Waals surface area contributed by atoms with Gasteiger partial charge < -0.3 is 10.6 Å². The van der Waals surface area contributed by atoms with Gasteiger partial charge in [-0.25, -0.2) is 0 Å². The Balaban J connectivity index is 2.25. The maximum Gasteiger partial charge on any atom is 0.267 e. The van der Waals surface area contributed by atoms with Crippen LogP contribution in [0.5, 0.6) is 0 Å². The Morgan fingerprint density at radius 1 is 1.19 bits per heavy atom. The number of nitrogens with zero attached hydrogens (tertiary/aromatic N) is 1. The van der Waals surface area contributed by atoms with Crippen LogP contribution in [0.1, 0.15) is 30.5 Å². The summed E-state index contributed by atoms with van der Waals surface area (Å²) < 4.78 is 0. The molecule has 0 aliphatic rings. The summed E-state index contributed by atoms with van der Waals surface area (Å²) in [6.45, 7) is 5.99. The van der Waals surface area contributed by atoms with Crippen LogP contribution < -0.4 is 10.6 Å². The van der Waals surface area contributed by atoms with Gasteiger partial charge in [-0.15, -0.1) is 0 Å². The van der Waals surface area contributed by atoms with Gasteiger partial charge >= 0.3 is 0 Å². The predicted molar refractivity (Wildman–Crippen MR) is 107 cm³/mol. The van der Waals surface area contributed by atoms with Gasteiger partial charge in [-0.2, -0.15) is 5.26 Å². The van der Waals surface area contributed by atoms with Gasteiger partial charge in [0.2, 0.25) is 0 Å². The van der Waals surface area contributed by atoms with E-state index in [1.54, 1.807) is 12.1 Å². The normalized spacial score (nSPS) is 11.0. The number of hydrogen-bond donors (Lipinski definition) is 2. The van der Waals surface area contributed by atoms with E-state index in [4.69, 9.17) is 11.6 Å². The van der Waals surface area contributed by atoms with E-state index in [1.807, 2.05) is 51.1 Å². The molecule has 0 atom stereocenters. The van der Waals surface area contributed by atoms with Crippen LogP contribution in [0, 0.1) is 18.3 Å². The van der Waals surface area contributed by atoms with Gasteiger partial charge in [0.25, 0.3) is 5.91 Å². The minimum atomic E-state index is -0.435. The first-order valence-electron chi connectivity index (χ1n) is 8.55. The summed E-state index contributed by atoms with van der Waals surface area (Å²) in [5, 5.41) is 15.9. The third-order valence-corrected chi connectivity index (χ3v) is 4.41. The number of nitrogens with one attached hydrogen (secondary N) is 2. The highest BCUT2D eigenvalue weighted by Crippen LogP contribution is 2.24. The molecule has 0 unspecified atom stereocenters. The second kappa shape index (κ2) is 9.07. The van der Waals surface area contributed by atoms with Crippen molar-refractivity contribution in [2.45, 2.75) is 33.6 Å². The van der Waals surface area contributed by atoms with E-state index in [0.717, 1.165) is 40.9 Å². The molecule has 2 rings (SSSR count). The Morgan fingerprint density at radius 2 is 1.85 bits per heavy atom. The van der Waals surface area contributed by atoms with Crippen molar-refractivity contribution in [2.24, 2.45) is 0 Å². The number of hydrogen-bond acceptors (Lipinski definition) is 3. The molecule has 1 amide bonds.